The van der Waals surface area contributed by atoms with Crippen LogP contribution in [0, 0.1) is 0 Å². The van der Waals surface area contributed by atoms with Gasteiger partial charge in [-0.1, -0.05) is 18.2 Å². The van der Waals surface area contributed by atoms with Crippen LogP contribution < -0.4 is 5.32 Å². The number of benzene rings is 2. The Morgan fingerprint density at radius 3 is 2.87 bits per heavy atom. The van der Waals surface area contributed by atoms with Gasteiger partial charge in [-0.2, -0.15) is 0 Å². The SMILES string of the molecule is C[C@@H]1C(=O)Nc2ccc(C(=O)COC(=O)c3c4c(nc5ccccc35)CCC4)cc21. The van der Waals surface area contributed by atoms with Gasteiger partial charge < -0.3 is 10.1 Å². The summed E-state index contributed by atoms with van der Waals surface area (Å²) in [7, 11) is 0. The monoisotopic (exact) mass is 400 g/mol. The second-order valence-corrected chi connectivity index (χ2v) is 7.80. The molecule has 1 aromatic heterocycles. The lowest BCUT2D eigenvalue weighted by atomic mass is 9.99. The second-order valence-electron chi connectivity index (χ2n) is 7.80. The molecule has 0 radical (unpaired) electrons. The molecule has 0 saturated heterocycles. The van der Waals surface area contributed by atoms with Crippen LogP contribution in [0.3, 0.4) is 0 Å². The average Bonchev–Trinajstić information content (AvgIpc) is 3.33. The van der Waals surface area contributed by atoms with Crippen LogP contribution in [0.5, 0.6) is 0 Å². The van der Waals surface area contributed by atoms with Crippen molar-refractivity contribution in [2.45, 2.75) is 32.1 Å². The van der Waals surface area contributed by atoms with Gasteiger partial charge in [-0.25, -0.2) is 4.79 Å². The van der Waals surface area contributed by atoms with Crippen molar-refractivity contribution in [2.75, 3.05) is 11.9 Å². The van der Waals surface area contributed by atoms with Crippen LogP contribution in [0.4, 0.5) is 5.69 Å². The Morgan fingerprint density at radius 2 is 2.00 bits per heavy atom. The predicted molar refractivity (Wildman–Crippen MR) is 112 cm³/mol. The van der Waals surface area contributed by atoms with E-state index in [1.54, 1.807) is 25.1 Å². The molecular weight excluding hydrogens is 380 g/mol. The zero-order valence-corrected chi connectivity index (χ0v) is 16.5. The zero-order valence-electron chi connectivity index (χ0n) is 16.5. The topological polar surface area (TPSA) is 85.4 Å². The van der Waals surface area contributed by atoms with Crippen molar-refractivity contribution in [3.63, 3.8) is 0 Å². The van der Waals surface area contributed by atoms with Gasteiger partial charge in [-0.15, -0.1) is 0 Å². The molecule has 0 saturated carbocycles. The van der Waals surface area contributed by atoms with Crippen LogP contribution >= 0.6 is 0 Å². The maximum Gasteiger partial charge on any atom is 0.339 e. The molecule has 1 N–H and O–H groups in total. The Kier molecular flexibility index (Phi) is 4.35. The van der Waals surface area contributed by atoms with Crippen LogP contribution in [0.25, 0.3) is 10.9 Å². The van der Waals surface area contributed by atoms with E-state index in [1.807, 2.05) is 24.3 Å². The van der Waals surface area contributed by atoms with Gasteiger partial charge in [0.15, 0.2) is 12.4 Å². The molecule has 5 rings (SSSR count). The minimum Gasteiger partial charge on any atom is -0.454 e. The number of nitrogens with zero attached hydrogens (tertiary/aromatic N) is 1. The third kappa shape index (κ3) is 2.96. The molecule has 1 atom stereocenters. The highest BCUT2D eigenvalue weighted by atomic mass is 16.5. The first kappa shape index (κ1) is 18.5. The molecule has 2 heterocycles. The average molecular weight is 400 g/mol. The summed E-state index contributed by atoms with van der Waals surface area (Å²) in [5.41, 5.74) is 5.10. The number of carbonyl (C=O) groups is 3. The van der Waals surface area contributed by atoms with Crippen molar-refractivity contribution in [2.24, 2.45) is 0 Å². The van der Waals surface area contributed by atoms with E-state index in [9.17, 15) is 14.4 Å². The predicted octanol–water partition coefficient (Wildman–Crippen LogP) is 3.82. The standard InChI is InChI=1S/C24H20N2O4/c1-13-17-11-14(9-10-20(17)26-23(13)28)21(27)12-30-24(29)22-15-5-2-3-7-18(15)25-19-8-4-6-16(19)22/h2-3,5,7,9-11,13H,4,6,8,12H2,1H3,(H,26,28)/t13-/m0/s1. The van der Waals surface area contributed by atoms with Gasteiger partial charge >= 0.3 is 5.97 Å². The lowest BCUT2D eigenvalue weighted by Crippen LogP contribution is -2.16. The molecule has 0 bridgehead atoms. The number of amides is 1. The smallest absolute Gasteiger partial charge is 0.339 e. The number of rotatable bonds is 4. The number of hydrogen-bond acceptors (Lipinski definition) is 5. The first-order valence-corrected chi connectivity index (χ1v) is 10.1. The highest BCUT2D eigenvalue weighted by Gasteiger charge is 2.28. The first-order valence-electron chi connectivity index (χ1n) is 10.1. The molecule has 3 aromatic rings. The van der Waals surface area contributed by atoms with Gasteiger partial charge in [0.2, 0.25) is 5.91 Å². The van der Waals surface area contributed by atoms with Crippen molar-refractivity contribution < 1.29 is 19.1 Å². The highest BCUT2D eigenvalue weighted by Crippen LogP contribution is 2.33. The third-order valence-electron chi connectivity index (χ3n) is 5.95. The number of Topliss-reactive ketones (excluding diaryl/α,β-unsaturated/α-hetero) is 1. The highest BCUT2D eigenvalue weighted by molar-refractivity contribution is 6.07. The first-order chi connectivity index (χ1) is 14.5. The number of ketones is 1. The lowest BCUT2D eigenvalue weighted by Gasteiger charge is -2.12. The van der Waals surface area contributed by atoms with Crippen LogP contribution in [-0.4, -0.2) is 29.3 Å². The minimum absolute atomic E-state index is 0.0838. The van der Waals surface area contributed by atoms with E-state index in [0.29, 0.717) is 11.1 Å². The summed E-state index contributed by atoms with van der Waals surface area (Å²) in [6, 6.07) is 12.6. The molecule has 2 aromatic carbocycles. The van der Waals surface area contributed by atoms with Gasteiger partial charge in [0, 0.05) is 22.3 Å². The quantitative estimate of drug-likeness (QED) is 0.532. The largest absolute Gasteiger partial charge is 0.454 e. The second kappa shape index (κ2) is 7.06. The van der Waals surface area contributed by atoms with Crippen molar-refractivity contribution in [1.29, 1.82) is 0 Å². The summed E-state index contributed by atoms with van der Waals surface area (Å²) in [5.74, 6) is -1.18. The van der Waals surface area contributed by atoms with Gasteiger partial charge in [-0.3, -0.25) is 14.6 Å². The Morgan fingerprint density at radius 1 is 1.17 bits per heavy atom. The summed E-state index contributed by atoms with van der Waals surface area (Å²) < 4.78 is 5.45. The number of hydrogen-bond donors (Lipinski definition) is 1. The number of aryl methyl sites for hydroxylation is 1. The van der Waals surface area contributed by atoms with E-state index in [4.69, 9.17) is 4.74 Å². The fourth-order valence-corrected chi connectivity index (χ4v) is 4.32. The van der Waals surface area contributed by atoms with Crippen LogP contribution in [0.1, 0.15) is 56.8 Å². The van der Waals surface area contributed by atoms with E-state index in [2.05, 4.69) is 10.3 Å². The van der Waals surface area contributed by atoms with Crippen molar-refractivity contribution in [3.8, 4) is 0 Å². The molecule has 1 aliphatic heterocycles. The number of carbonyl (C=O) groups excluding carboxylic acids is 3. The normalized spacial score (nSPS) is 16.8. The van der Waals surface area contributed by atoms with Crippen molar-refractivity contribution in [3.05, 3.63) is 70.4 Å². The maximum atomic E-state index is 13.0. The maximum absolute atomic E-state index is 13.0. The van der Waals surface area contributed by atoms with Crippen molar-refractivity contribution in [1.82, 2.24) is 4.98 Å². The molecule has 0 unspecified atom stereocenters. The van der Waals surface area contributed by atoms with E-state index in [-0.39, 0.29) is 24.2 Å². The fraction of sp³-hybridized carbons (Fsp3) is 0.250. The van der Waals surface area contributed by atoms with Crippen molar-refractivity contribution >= 4 is 34.3 Å². The van der Waals surface area contributed by atoms with Gasteiger partial charge in [0.05, 0.1) is 17.0 Å². The number of nitrogens with one attached hydrogen (secondary N) is 1. The molecule has 0 spiro atoms. The number of aromatic nitrogens is 1. The summed E-state index contributed by atoms with van der Waals surface area (Å²) in [4.78, 5) is 42.1. The molecule has 6 heteroatoms. The Balaban J connectivity index is 1.39. The zero-order chi connectivity index (χ0) is 20.8. The Hall–Kier alpha value is -3.54. The molecule has 1 aliphatic carbocycles. The molecule has 150 valence electrons. The van der Waals surface area contributed by atoms with Gasteiger partial charge in [-0.05, 0) is 61.6 Å². The molecule has 6 nitrogen and oxygen atoms in total. The number of esters is 1. The number of pyridine rings is 1. The fourth-order valence-electron chi connectivity index (χ4n) is 4.32. The number of fused-ring (bicyclic) bond motifs is 3. The number of para-hydroxylation sites is 1. The Bertz CT molecular complexity index is 1230. The summed E-state index contributed by atoms with van der Waals surface area (Å²) in [6.45, 7) is 1.45. The Labute approximate surface area is 173 Å². The van der Waals surface area contributed by atoms with E-state index >= 15 is 0 Å². The molecule has 0 fully saturated rings. The molecule has 2 aliphatic rings. The summed E-state index contributed by atoms with van der Waals surface area (Å²) in [6.07, 6.45) is 2.59. The van der Waals surface area contributed by atoms with E-state index in [1.165, 1.54) is 0 Å². The summed E-state index contributed by atoms with van der Waals surface area (Å²) in [5, 5.41) is 3.54. The minimum atomic E-state index is -0.494. The van der Waals surface area contributed by atoms with Crippen LogP contribution in [0.15, 0.2) is 42.5 Å². The van der Waals surface area contributed by atoms with Gasteiger partial charge in [0.1, 0.15) is 0 Å². The third-order valence-corrected chi connectivity index (χ3v) is 5.95. The van der Waals surface area contributed by atoms with Crippen LogP contribution in [-0.2, 0) is 22.4 Å². The summed E-state index contributed by atoms with van der Waals surface area (Å²) >= 11 is 0. The lowest BCUT2D eigenvalue weighted by molar-refractivity contribution is -0.116. The van der Waals surface area contributed by atoms with Crippen LogP contribution in [0.2, 0.25) is 0 Å². The van der Waals surface area contributed by atoms with E-state index in [0.717, 1.165) is 52.7 Å². The van der Waals surface area contributed by atoms with E-state index < -0.39 is 5.97 Å². The molecular formula is C24H20N2O4. The number of ether oxygens (including phenoxy) is 1. The van der Waals surface area contributed by atoms with Gasteiger partial charge in [0.25, 0.3) is 0 Å². The molecule has 1 amide bonds. The number of anilines is 1. The molecule has 30 heavy (non-hydrogen) atoms.